The normalized spacial score (nSPS) is 14.3. The molecule has 3 N–H and O–H groups in total. The fourth-order valence-corrected chi connectivity index (χ4v) is 6.48. The number of hydrogen-bond donors (Lipinski definition) is 3. The van der Waals surface area contributed by atoms with Crippen molar-refractivity contribution in [3.63, 3.8) is 0 Å². The summed E-state index contributed by atoms with van der Waals surface area (Å²) < 4.78 is 32.7. The van der Waals surface area contributed by atoms with Crippen LogP contribution in [0.5, 0.6) is 0 Å². The van der Waals surface area contributed by atoms with Gasteiger partial charge in [0.15, 0.2) is 6.10 Å². The predicted octanol–water partition coefficient (Wildman–Crippen LogP) is 11.3. The molecule has 320 valence electrons. The van der Waals surface area contributed by atoms with Crippen molar-refractivity contribution in [1.82, 2.24) is 0 Å². The Bertz CT molecular complexity index is 1060. The zero-order chi connectivity index (χ0) is 40.5. The van der Waals surface area contributed by atoms with Gasteiger partial charge in [0, 0.05) is 12.8 Å². The monoisotopic (exact) mass is 799 g/mol. The number of carbonyl (C=O) groups excluding carboxylic acids is 2. The molecule has 0 fully saturated rings. The average molecular weight is 799 g/mol. The molecule has 10 nitrogen and oxygen atoms in total. The Hall–Kier alpha value is -2.07. The maximum Gasteiger partial charge on any atom is 0.472 e. The number of rotatable bonds is 40. The van der Waals surface area contributed by atoms with Crippen LogP contribution in [0.3, 0.4) is 0 Å². The highest BCUT2D eigenvalue weighted by Gasteiger charge is 2.27. The van der Waals surface area contributed by atoms with Crippen molar-refractivity contribution in [2.45, 2.75) is 193 Å². The van der Waals surface area contributed by atoms with Crippen LogP contribution in [-0.4, -0.2) is 65.7 Å². The molecule has 0 aliphatic carbocycles. The molecule has 0 saturated heterocycles. The van der Waals surface area contributed by atoms with Gasteiger partial charge in [0.25, 0.3) is 0 Å². The second-order valence-electron chi connectivity index (χ2n) is 14.3. The Balaban J connectivity index is 4.34. The van der Waals surface area contributed by atoms with Crippen molar-refractivity contribution in [2.75, 3.05) is 26.4 Å². The highest BCUT2D eigenvalue weighted by Crippen LogP contribution is 2.43. The average Bonchev–Trinajstić information content (AvgIpc) is 3.17. The van der Waals surface area contributed by atoms with Crippen LogP contribution in [0.15, 0.2) is 48.6 Å². The van der Waals surface area contributed by atoms with Gasteiger partial charge >= 0.3 is 19.8 Å². The zero-order valence-electron chi connectivity index (χ0n) is 34.6. The van der Waals surface area contributed by atoms with E-state index in [2.05, 4.69) is 67.0 Å². The quantitative estimate of drug-likeness (QED) is 0.0237. The largest absolute Gasteiger partial charge is 0.472 e. The van der Waals surface area contributed by atoms with Crippen LogP contribution in [0.4, 0.5) is 0 Å². The second kappa shape index (κ2) is 40.1. The lowest BCUT2D eigenvalue weighted by Crippen LogP contribution is -2.29. The van der Waals surface area contributed by atoms with Gasteiger partial charge in [-0.25, -0.2) is 4.57 Å². The Morgan fingerprint density at radius 3 is 1.51 bits per heavy atom. The molecule has 11 heteroatoms. The summed E-state index contributed by atoms with van der Waals surface area (Å²) in [5, 5.41) is 18.3. The van der Waals surface area contributed by atoms with Crippen LogP contribution < -0.4 is 0 Å². The molecule has 0 spiro atoms. The van der Waals surface area contributed by atoms with Gasteiger partial charge in [-0.1, -0.05) is 165 Å². The van der Waals surface area contributed by atoms with Crippen LogP contribution in [0.2, 0.25) is 0 Å². The predicted molar refractivity (Wildman–Crippen MR) is 224 cm³/mol. The van der Waals surface area contributed by atoms with Crippen LogP contribution in [0.25, 0.3) is 0 Å². The first kappa shape index (κ1) is 52.9. The number of aliphatic hydroxyl groups excluding tert-OH is 2. The first-order valence-corrected chi connectivity index (χ1v) is 23.1. The summed E-state index contributed by atoms with van der Waals surface area (Å²) in [6, 6.07) is 0. The molecule has 3 atom stereocenters. The van der Waals surface area contributed by atoms with E-state index in [9.17, 15) is 24.2 Å². The lowest BCUT2D eigenvalue weighted by Gasteiger charge is -2.20. The van der Waals surface area contributed by atoms with Gasteiger partial charge in [-0.15, -0.1) is 0 Å². The van der Waals surface area contributed by atoms with Crippen molar-refractivity contribution >= 4 is 19.8 Å². The van der Waals surface area contributed by atoms with Crippen LogP contribution in [0, 0.1) is 0 Å². The van der Waals surface area contributed by atoms with Gasteiger partial charge in [0.1, 0.15) is 12.7 Å². The molecule has 0 aromatic rings. The molecule has 0 aromatic heterocycles. The summed E-state index contributed by atoms with van der Waals surface area (Å²) in [5.41, 5.74) is 0. The minimum absolute atomic E-state index is 0.156. The minimum Gasteiger partial charge on any atom is -0.462 e. The highest BCUT2D eigenvalue weighted by molar-refractivity contribution is 7.47. The van der Waals surface area contributed by atoms with Gasteiger partial charge in [-0.3, -0.25) is 18.6 Å². The van der Waals surface area contributed by atoms with E-state index in [0.717, 1.165) is 70.6 Å². The van der Waals surface area contributed by atoms with Gasteiger partial charge in [-0.2, -0.15) is 0 Å². The fourth-order valence-electron chi connectivity index (χ4n) is 5.69. The first-order chi connectivity index (χ1) is 26.7. The van der Waals surface area contributed by atoms with E-state index >= 15 is 0 Å². The number of esters is 2. The smallest absolute Gasteiger partial charge is 0.462 e. The Kier molecular flexibility index (Phi) is 38.6. The summed E-state index contributed by atoms with van der Waals surface area (Å²) in [7, 11) is -4.62. The van der Waals surface area contributed by atoms with E-state index < -0.39 is 51.8 Å². The molecule has 0 aliphatic rings. The summed E-state index contributed by atoms with van der Waals surface area (Å²) in [5.74, 6) is -0.950. The molecule has 0 aliphatic heterocycles. The topological polar surface area (TPSA) is 149 Å². The van der Waals surface area contributed by atoms with E-state index in [1.807, 2.05) is 0 Å². The number of ether oxygens (including phenoxy) is 2. The number of hydrogen-bond acceptors (Lipinski definition) is 9. The molecule has 0 aromatic carbocycles. The van der Waals surface area contributed by atoms with Crippen molar-refractivity contribution < 1.29 is 47.8 Å². The molecule has 0 heterocycles. The number of unbranched alkanes of at least 4 members (excludes halogenated alkanes) is 18. The number of allylic oxidation sites excluding steroid dienone is 8. The van der Waals surface area contributed by atoms with Crippen molar-refractivity contribution in [3.8, 4) is 0 Å². The van der Waals surface area contributed by atoms with E-state index in [4.69, 9.17) is 19.1 Å². The third-order valence-corrected chi connectivity index (χ3v) is 9.95. The van der Waals surface area contributed by atoms with Crippen LogP contribution in [-0.2, 0) is 32.7 Å². The summed E-state index contributed by atoms with van der Waals surface area (Å²) in [6.45, 7) is 2.24. The van der Waals surface area contributed by atoms with Crippen molar-refractivity contribution in [3.05, 3.63) is 48.6 Å². The zero-order valence-corrected chi connectivity index (χ0v) is 35.5. The molecule has 0 amide bonds. The Morgan fingerprint density at radius 1 is 0.564 bits per heavy atom. The van der Waals surface area contributed by atoms with Gasteiger partial charge < -0.3 is 24.6 Å². The van der Waals surface area contributed by atoms with Crippen LogP contribution in [0.1, 0.15) is 181 Å². The number of aliphatic hydroxyl groups is 2. The maximum absolute atomic E-state index is 12.6. The fraction of sp³-hybridized carbons (Fsp3) is 0.773. The Morgan fingerprint density at radius 2 is 1.00 bits per heavy atom. The molecule has 3 unspecified atom stereocenters. The number of phosphoric acid groups is 1. The maximum atomic E-state index is 12.6. The van der Waals surface area contributed by atoms with Gasteiger partial charge in [-0.05, 0) is 51.4 Å². The second-order valence-corrected chi connectivity index (χ2v) is 15.8. The molecular weight excluding hydrogens is 719 g/mol. The molecule has 0 radical (unpaired) electrons. The summed E-state index contributed by atoms with van der Waals surface area (Å²) in [4.78, 5) is 35.0. The lowest BCUT2D eigenvalue weighted by atomic mass is 10.0. The lowest BCUT2D eigenvalue weighted by molar-refractivity contribution is -0.161. The first-order valence-electron chi connectivity index (χ1n) is 21.6. The molecule has 0 bridgehead atoms. The third-order valence-electron chi connectivity index (χ3n) is 9.00. The van der Waals surface area contributed by atoms with Crippen LogP contribution >= 0.6 is 7.82 Å². The number of carbonyl (C=O) groups is 2. The van der Waals surface area contributed by atoms with Gasteiger partial charge in [0.2, 0.25) is 0 Å². The molecule has 0 rings (SSSR count). The van der Waals surface area contributed by atoms with Gasteiger partial charge in [0.05, 0.1) is 19.8 Å². The molecular formula is C44H79O10P. The van der Waals surface area contributed by atoms with Crippen molar-refractivity contribution in [1.29, 1.82) is 0 Å². The minimum atomic E-state index is -4.62. The Labute approximate surface area is 334 Å². The van der Waals surface area contributed by atoms with E-state index in [1.165, 1.54) is 70.6 Å². The standard InChI is InChI=1S/C44H79O10P/c1-3-5-7-9-11-13-15-17-19-20-22-24-26-28-30-32-34-36-44(48)54-42(40-53-55(49,50)52-38-41(46)37-45)39-51-43(47)35-33-31-29-27-25-23-21-18-16-14-12-10-8-6-4-2/h5,7,11,13,17,19,22,24,41-42,45-46H,3-4,6,8-10,12,14-16,18,20-21,23,25-40H2,1-2H3,(H,49,50). The summed E-state index contributed by atoms with van der Waals surface area (Å²) in [6.07, 6.45) is 42.2. The van der Waals surface area contributed by atoms with E-state index in [-0.39, 0.29) is 19.4 Å². The molecule has 0 saturated carbocycles. The SMILES string of the molecule is CCC=CCC=CCC=CCC=CCCCCCCC(=O)OC(COC(=O)CCCCCCCCCCCCCCCCC)COP(=O)(O)OCC(O)CO. The van der Waals surface area contributed by atoms with E-state index in [0.29, 0.717) is 12.8 Å². The third kappa shape index (κ3) is 39.9. The van der Waals surface area contributed by atoms with Crippen molar-refractivity contribution in [2.24, 2.45) is 0 Å². The number of phosphoric ester groups is 1. The molecule has 55 heavy (non-hydrogen) atoms. The summed E-state index contributed by atoms with van der Waals surface area (Å²) >= 11 is 0. The highest BCUT2D eigenvalue weighted by atomic mass is 31.2. The van der Waals surface area contributed by atoms with E-state index in [1.54, 1.807) is 0 Å².